The van der Waals surface area contributed by atoms with Crippen molar-refractivity contribution in [2.24, 2.45) is 0 Å². The van der Waals surface area contributed by atoms with Gasteiger partial charge in [0.15, 0.2) is 0 Å². The van der Waals surface area contributed by atoms with Gasteiger partial charge in [-0.25, -0.2) is 4.98 Å². The van der Waals surface area contributed by atoms with Gasteiger partial charge in [-0.2, -0.15) is 0 Å². The van der Waals surface area contributed by atoms with Crippen molar-refractivity contribution in [1.82, 2.24) is 9.55 Å². The van der Waals surface area contributed by atoms with E-state index < -0.39 is 0 Å². The van der Waals surface area contributed by atoms with Crippen molar-refractivity contribution in [3.05, 3.63) is 47.5 Å². The van der Waals surface area contributed by atoms with E-state index in [0.717, 1.165) is 22.6 Å². The van der Waals surface area contributed by atoms with E-state index in [2.05, 4.69) is 10.3 Å². The summed E-state index contributed by atoms with van der Waals surface area (Å²) in [5, 5.41) is 2.99. The summed E-state index contributed by atoms with van der Waals surface area (Å²) in [6, 6.07) is 6.00. The van der Waals surface area contributed by atoms with Gasteiger partial charge in [0.2, 0.25) is 5.91 Å². The first-order valence-electron chi connectivity index (χ1n) is 6.41. The Kier molecular flexibility index (Phi) is 4.00. The van der Waals surface area contributed by atoms with Gasteiger partial charge in [-0.3, -0.25) is 4.79 Å². The minimum atomic E-state index is 0.0329. The maximum atomic E-state index is 12.0. The molecule has 2 rings (SSSR count). The third-order valence-electron chi connectivity index (χ3n) is 3.25. The van der Waals surface area contributed by atoms with Crippen molar-refractivity contribution in [1.29, 1.82) is 0 Å². The second-order valence-electron chi connectivity index (χ2n) is 4.73. The summed E-state index contributed by atoms with van der Waals surface area (Å²) in [4.78, 5) is 16.1. The zero-order valence-corrected chi connectivity index (χ0v) is 11.6. The second kappa shape index (κ2) is 5.69. The lowest BCUT2D eigenvalue weighted by atomic mass is 10.1. The van der Waals surface area contributed by atoms with Crippen molar-refractivity contribution in [3.63, 3.8) is 0 Å². The average Bonchev–Trinajstić information content (AvgIpc) is 2.77. The highest BCUT2D eigenvalue weighted by Gasteiger charge is 2.07. The Morgan fingerprint density at radius 2 is 1.95 bits per heavy atom. The highest BCUT2D eigenvalue weighted by molar-refractivity contribution is 5.92. The summed E-state index contributed by atoms with van der Waals surface area (Å²) in [5.41, 5.74) is 3.11. The number of nitrogens with one attached hydrogen (secondary N) is 1. The maximum absolute atomic E-state index is 12.0. The van der Waals surface area contributed by atoms with Gasteiger partial charge in [0.1, 0.15) is 5.82 Å². The predicted molar refractivity (Wildman–Crippen MR) is 76.1 cm³/mol. The summed E-state index contributed by atoms with van der Waals surface area (Å²) in [6.07, 6.45) is 4.09. The topological polar surface area (TPSA) is 46.9 Å². The first kappa shape index (κ1) is 13.3. The molecule has 1 amide bonds. The van der Waals surface area contributed by atoms with Crippen LogP contribution in [0.3, 0.4) is 0 Å². The van der Waals surface area contributed by atoms with E-state index in [9.17, 15) is 4.79 Å². The normalized spacial score (nSPS) is 10.5. The quantitative estimate of drug-likeness (QED) is 0.915. The van der Waals surface area contributed by atoms with Gasteiger partial charge in [-0.15, -0.1) is 0 Å². The summed E-state index contributed by atoms with van der Waals surface area (Å²) < 4.78 is 1.98. The van der Waals surface area contributed by atoms with Crippen LogP contribution in [0.2, 0.25) is 0 Å². The molecular formula is C15H19N3O. The molecule has 2 aromatic rings. The number of imidazole rings is 1. The molecule has 0 atom stereocenters. The molecule has 1 aromatic heterocycles. The first-order chi connectivity index (χ1) is 9.08. The van der Waals surface area contributed by atoms with Crippen molar-refractivity contribution < 1.29 is 4.79 Å². The predicted octanol–water partition coefficient (Wildman–Crippen LogP) is 2.84. The molecule has 1 N–H and O–H groups in total. The van der Waals surface area contributed by atoms with Crippen LogP contribution in [0.15, 0.2) is 30.6 Å². The van der Waals surface area contributed by atoms with Crippen molar-refractivity contribution in [3.8, 4) is 0 Å². The number of rotatable bonds is 4. The third kappa shape index (κ3) is 3.22. The highest BCUT2D eigenvalue weighted by atomic mass is 16.1. The molecule has 19 heavy (non-hydrogen) atoms. The number of para-hydroxylation sites is 1. The number of hydrogen-bond acceptors (Lipinski definition) is 2. The van der Waals surface area contributed by atoms with E-state index in [1.54, 1.807) is 6.20 Å². The van der Waals surface area contributed by atoms with E-state index in [-0.39, 0.29) is 5.91 Å². The molecule has 0 bridgehead atoms. The number of hydrogen-bond donors (Lipinski definition) is 1. The summed E-state index contributed by atoms with van der Waals surface area (Å²) in [5.74, 6) is 0.963. The first-order valence-corrected chi connectivity index (χ1v) is 6.41. The number of amides is 1. The number of anilines is 1. The lowest BCUT2D eigenvalue weighted by molar-refractivity contribution is -0.116. The Morgan fingerprint density at radius 3 is 2.53 bits per heavy atom. The summed E-state index contributed by atoms with van der Waals surface area (Å²) in [6.45, 7) is 6.59. The van der Waals surface area contributed by atoms with Crippen molar-refractivity contribution >= 4 is 11.6 Å². The van der Waals surface area contributed by atoms with E-state index in [1.807, 2.05) is 49.7 Å². The molecule has 0 aliphatic heterocycles. The Balaban J connectivity index is 1.97. The molecule has 0 saturated carbocycles. The number of carbonyl (C=O) groups excluding carboxylic acids is 1. The maximum Gasteiger partial charge on any atom is 0.226 e. The Morgan fingerprint density at radius 1 is 1.26 bits per heavy atom. The number of carbonyl (C=O) groups is 1. The van der Waals surface area contributed by atoms with Crippen LogP contribution in [0.4, 0.5) is 5.69 Å². The van der Waals surface area contributed by atoms with E-state index >= 15 is 0 Å². The van der Waals surface area contributed by atoms with Crippen LogP contribution in [-0.2, 0) is 11.3 Å². The fourth-order valence-electron chi connectivity index (χ4n) is 2.08. The third-order valence-corrected chi connectivity index (χ3v) is 3.25. The van der Waals surface area contributed by atoms with Gasteiger partial charge in [-0.1, -0.05) is 18.2 Å². The standard InChI is InChI=1S/C15H19N3O/c1-11-5-4-6-12(2)15(11)17-14(19)7-9-18-10-8-16-13(18)3/h4-6,8,10H,7,9H2,1-3H3,(H,17,19). The van der Waals surface area contributed by atoms with Gasteiger partial charge < -0.3 is 9.88 Å². The molecule has 0 unspecified atom stereocenters. The molecule has 0 aliphatic carbocycles. The molecule has 0 saturated heterocycles. The lowest BCUT2D eigenvalue weighted by Crippen LogP contribution is -2.16. The van der Waals surface area contributed by atoms with Gasteiger partial charge in [0.05, 0.1) is 0 Å². The smallest absolute Gasteiger partial charge is 0.226 e. The van der Waals surface area contributed by atoms with Crippen LogP contribution in [0.25, 0.3) is 0 Å². The number of benzene rings is 1. The van der Waals surface area contributed by atoms with Gasteiger partial charge in [0.25, 0.3) is 0 Å². The van der Waals surface area contributed by atoms with Gasteiger partial charge >= 0.3 is 0 Å². The molecule has 1 heterocycles. The molecular weight excluding hydrogens is 238 g/mol. The van der Waals surface area contributed by atoms with Crippen LogP contribution in [0.5, 0.6) is 0 Å². The fourth-order valence-corrected chi connectivity index (χ4v) is 2.08. The van der Waals surface area contributed by atoms with Crippen LogP contribution < -0.4 is 5.32 Å². The van der Waals surface area contributed by atoms with Gasteiger partial charge in [0, 0.05) is 31.0 Å². The zero-order valence-electron chi connectivity index (χ0n) is 11.6. The Labute approximate surface area is 113 Å². The Hall–Kier alpha value is -2.10. The fraction of sp³-hybridized carbons (Fsp3) is 0.333. The lowest BCUT2D eigenvalue weighted by Gasteiger charge is -2.11. The van der Waals surface area contributed by atoms with E-state index in [1.165, 1.54) is 0 Å². The van der Waals surface area contributed by atoms with Crippen molar-refractivity contribution in [2.45, 2.75) is 33.7 Å². The van der Waals surface area contributed by atoms with E-state index in [4.69, 9.17) is 0 Å². The van der Waals surface area contributed by atoms with Crippen LogP contribution in [-0.4, -0.2) is 15.5 Å². The van der Waals surface area contributed by atoms with Crippen LogP contribution in [0, 0.1) is 20.8 Å². The van der Waals surface area contributed by atoms with Gasteiger partial charge in [-0.05, 0) is 31.9 Å². The second-order valence-corrected chi connectivity index (χ2v) is 4.73. The van der Waals surface area contributed by atoms with Crippen LogP contribution in [0.1, 0.15) is 23.4 Å². The minimum absolute atomic E-state index is 0.0329. The van der Waals surface area contributed by atoms with Crippen molar-refractivity contribution in [2.75, 3.05) is 5.32 Å². The van der Waals surface area contributed by atoms with E-state index in [0.29, 0.717) is 13.0 Å². The summed E-state index contributed by atoms with van der Waals surface area (Å²) >= 11 is 0. The minimum Gasteiger partial charge on any atom is -0.335 e. The number of aryl methyl sites for hydroxylation is 4. The molecule has 0 fully saturated rings. The number of aromatic nitrogens is 2. The Bertz CT molecular complexity index is 567. The molecule has 4 nitrogen and oxygen atoms in total. The highest BCUT2D eigenvalue weighted by Crippen LogP contribution is 2.19. The van der Waals surface area contributed by atoms with Crippen LogP contribution >= 0.6 is 0 Å². The zero-order chi connectivity index (χ0) is 13.8. The molecule has 0 spiro atoms. The summed E-state index contributed by atoms with van der Waals surface area (Å²) in [7, 11) is 0. The molecule has 0 radical (unpaired) electrons. The SMILES string of the molecule is Cc1cccc(C)c1NC(=O)CCn1ccnc1C. The molecule has 0 aliphatic rings. The molecule has 100 valence electrons. The largest absolute Gasteiger partial charge is 0.335 e. The monoisotopic (exact) mass is 257 g/mol. The molecule has 4 heteroatoms. The number of nitrogens with zero attached hydrogens (tertiary/aromatic N) is 2. The molecule has 1 aromatic carbocycles. The average molecular weight is 257 g/mol.